The third-order valence-electron chi connectivity index (χ3n) is 3.59. The molecule has 8 heteroatoms. The quantitative estimate of drug-likeness (QED) is 0.515. The fourth-order valence-electron chi connectivity index (χ4n) is 2.10. The molecule has 3 N–H and O–H groups in total. The van der Waals surface area contributed by atoms with Crippen molar-refractivity contribution in [2.75, 3.05) is 5.75 Å². The van der Waals surface area contributed by atoms with Gasteiger partial charge in [-0.25, -0.2) is 8.42 Å². The summed E-state index contributed by atoms with van der Waals surface area (Å²) in [4.78, 5) is 12.0. The Hall–Kier alpha value is -2.45. The zero-order valence-electron chi connectivity index (χ0n) is 14.4. The molecular formula is C18H21N3O3S2. The Bertz CT molecular complexity index is 851. The largest absolute Gasteiger partial charge is 0.357 e. The van der Waals surface area contributed by atoms with Crippen LogP contribution in [0, 0.1) is 6.92 Å². The second-order valence-corrected chi connectivity index (χ2v) is 8.24. The van der Waals surface area contributed by atoms with Crippen molar-refractivity contribution in [1.82, 2.24) is 16.2 Å². The van der Waals surface area contributed by atoms with Gasteiger partial charge in [0.1, 0.15) is 0 Å². The summed E-state index contributed by atoms with van der Waals surface area (Å²) < 4.78 is 24.4. The fraction of sp³-hybridized carbons (Fsp3) is 0.222. The second kappa shape index (κ2) is 9.30. The standard InChI is InChI=1S/C18H21N3O3S2/c1-14-7-9-16(10-8-14)26(23,24)12-11-17(22)20-21-18(25)19-13-15-5-3-2-4-6-15/h2-10H,11-13H2,1H3,(H,20,22)(H2,19,21,25). The van der Waals surface area contributed by atoms with Gasteiger partial charge in [-0.3, -0.25) is 15.6 Å². The van der Waals surface area contributed by atoms with Gasteiger partial charge in [-0.15, -0.1) is 0 Å². The average Bonchev–Trinajstić information content (AvgIpc) is 2.64. The highest BCUT2D eigenvalue weighted by molar-refractivity contribution is 7.91. The molecule has 2 aromatic carbocycles. The summed E-state index contributed by atoms with van der Waals surface area (Å²) >= 11 is 5.06. The van der Waals surface area contributed by atoms with Gasteiger partial charge < -0.3 is 5.32 Å². The molecule has 0 bridgehead atoms. The van der Waals surface area contributed by atoms with Crippen molar-refractivity contribution in [3.05, 3.63) is 65.7 Å². The van der Waals surface area contributed by atoms with Crippen molar-refractivity contribution in [1.29, 1.82) is 0 Å². The Morgan fingerprint density at radius 3 is 2.31 bits per heavy atom. The number of nitrogens with one attached hydrogen (secondary N) is 3. The minimum Gasteiger partial charge on any atom is -0.357 e. The van der Waals surface area contributed by atoms with Crippen LogP contribution in [0.15, 0.2) is 59.5 Å². The molecule has 0 aliphatic carbocycles. The Morgan fingerprint density at radius 1 is 1.00 bits per heavy atom. The van der Waals surface area contributed by atoms with Crippen molar-refractivity contribution in [3.8, 4) is 0 Å². The number of carbonyl (C=O) groups excluding carboxylic acids is 1. The molecule has 0 atom stereocenters. The van der Waals surface area contributed by atoms with E-state index in [1.807, 2.05) is 37.3 Å². The topological polar surface area (TPSA) is 87.3 Å². The molecule has 0 aliphatic heterocycles. The Kier molecular flexibility index (Phi) is 7.11. The van der Waals surface area contributed by atoms with Crippen LogP contribution in [0.4, 0.5) is 0 Å². The van der Waals surface area contributed by atoms with Crippen LogP contribution in [0.2, 0.25) is 0 Å². The van der Waals surface area contributed by atoms with Gasteiger partial charge in [-0.1, -0.05) is 48.0 Å². The number of aryl methyl sites for hydroxylation is 1. The van der Waals surface area contributed by atoms with Crippen molar-refractivity contribution < 1.29 is 13.2 Å². The SMILES string of the molecule is Cc1ccc(S(=O)(=O)CCC(=O)NNC(=S)NCc2ccccc2)cc1. The minimum absolute atomic E-state index is 0.162. The first-order valence-corrected chi connectivity index (χ1v) is 10.1. The molecule has 0 heterocycles. The number of hydrogen-bond acceptors (Lipinski definition) is 4. The maximum Gasteiger partial charge on any atom is 0.239 e. The van der Waals surface area contributed by atoms with Crippen molar-refractivity contribution in [2.45, 2.75) is 24.8 Å². The normalized spacial score (nSPS) is 10.8. The van der Waals surface area contributed by atoms with Crippen LogP contribution in [0.25, 0.3) is 0 Å². The summed E-state index contributed by atoms with van der Waals surface area (Å²) in [5.74, 6) is -0.724. The van der Waals surface area contributed by atoms with Crippen LogP contribution < -0.4 is 16.2 Å². The Morgan fingerprint density at radius 2 is 1.65 bits per heavy atom. The van der Waals surface area contributed by atoms with Gasteiger partial charge in [0.05, 0.1) is 10.6 Å². The molecule has 0 saturated carbocycles. The van der Waals surface area contributed by atoms with Gasteiger partial charge in [-0.05, 0) is 36.8 Å². The lowest BCUT2D eigenvalue weighted by Crippen LogP contribution is -2.46. The number of carbonyl (C=O) groups is 1. The van der Waals surface area contributed by atoms with Gasteiger partial charge in [0.15, 0.2) is 14.9 Å². The van der Waals surface area contributed by atoms with E-state index in [9.17, 15) is 13.2 Å². The molecule has 0 radical (unpaired) electrons. The third-order valence-corrected chi connectivity index (χ3v) is 5.57. The summed E-state index contributed by atoms with van der Waals surface area (Å²) in [6.07, 6.45) is -0.162. The fourth-order valence-corrected chi connectivity index (χ4v) is 3.47. The van der Waals surface area contributed by atoms with Gasteiger partial charge in [-0.2, -0.15) is 0 Å². The van der Waals surface area contributed by atoms with E-state index < -0.39 is 15.7 Å². The maximum absolute atomic E-state index is 12.2. The molecule has 6 nitrogen and oxygen atoms in total. The molecule has 0 saturated heterocycles. The molecule has 0 aliphatic rings. The van der Waals surface area contributed by atoms with Gasteiger partial charge in [0, 0.05) is 13.0 Å². The van der Waals surface area contributed by atoms with Crippen LogP contribution in [0.3, 0.4) is 0 Å². The Labute approximate surface area is 158 Å². The number of sulfone groups is 1. The number of thiocarbonyl (C=S) groups is 1. The molecule has 0 unspecified atom stereocenters. The molecular weight excluding hydrogens is 370 g/mol. The van der Waals surface area contributed by atoms with E-state index >= 15 is 0 Å². The number of hydrogen-bond donors (Lipinski definition) is 3. The van der Waals surface area contributed by atoms with Crippen LogP contribution >= 0.6 is 12.2 Å². The molecule has 138 valence electrons. The summed E-state index contributed by atoms with van der Waals surface area (Å²) in [5, 5.41) is 3.20. The Balaban J connectivity index is 1.73. The van der Waals surface area contributed by atoms with Crippen LogP contribution in [-0.4, -0.2) is 25.2 Å². The molecule has 26 heavy (non-hydrogen) atoms. The highest BCUT2D eigenvalue weighted by Crippen LogP contribution is 2.12. The van der Waals surface area contributed by atoms with E-state index in [-0.39, 0.29) is 22.2 Å². The van der Waals surface area contributed by atoms with E-state index in [0.29, 0.717) is 6.54 Å². The number of amides is 1. The molecule has 0 fully saturated rings. The summed E-state index contributed by atoms with van der Waals surface area (Å²) in [6.45, 7) is 2.40. The zero-order chi connectivity index (χ0) is 19.0. The first-order valence-electron chi connectivity index (χ1n) is 8.03. The van der Waals surface area contributed by atoms with Crippen molar-refractivity contribution in [2.24, 2.45) is 0 Å². The summed E-state index contributed by atoms with van der Waals surface area (Å²) in [7, 11) is -3.49. The lowest BCUT2D eigenvalue weighted by molar-refractivity contribution is -0.121. The monoisotopic (exact) mass is 391 g/mol. The highest BCUT2D eigenvalue weighted by atomic mass is 32.2. The molecule has 2 rings (SSSR count). The van der Waals surface area contributed by atoms with Gasteiger partial charge in [0.25, 0.3) is 0 Å². The van der Waals surface area contributed by atoms with Crippen LogP contribution in [-0.2, 0) is 21.2 Å². The third kappa shape index (κ3) is 6.45. The van der Waals surface area contributed by atoms with Gasteiger partial charge in [0.2, 0.25) is 5.91 Å². The van der Waals surface area contributed by atoms with E-state index in [1.54, 1.807) is 24.3 Å². The van der Waals surface area contributed by atoms with Crippen LogP contribution in [0.1, 0.15) is 17.5 Å². The van der Waals surface area contributed by atoms with Crippen molar-refractivity contribution in [3.63, 3.8) is 0 Å². The molecule has 0 spiro atoms. The zero-order valence-corrected chi connectivity index (χ0v) is 16.0. The van der Waals surface area contributed by atoms with E-state index in [2.05, 4.69) is 16.2 Å². The average molecular weight is 392 g/mol. The predicted octanol–water partition coefficient (Wildman–Crippen LogP) is 1.85. The molecule has 1 amide bonds. The number of benzene rings is 2. The van der Waals surface area contributed by atoms with Crippen LogP contribution in [0.5, 0.6) is 0 Å². The van der Waals surface area contributed by atoms with E-state index in [1.165, 1.54) is 0 Å². The number of hydrazine groups is 1. The smallest absolute Gasteiger partial charge is 0.239 e. The summed E-state index contributed by atoms with van der Waals surface area (Å²) in [5.41, 5.74) is 6.98. The van der Waals surface area contributed by atoms with Gasteiger partial charge >= 0.3 is 0 Å². The molecule has 2 aromatic rings. The summed E-state index contributed by atoms with van der Waals surface area (Å²) in [6, 6.07) is 16.2. The lowest BCUT2D eigenvalue weighted by atomic mass is 10.2. The second-order valence-electron chi connectivity index (χ2n) is 5.72. The highest BCUT2D eigenvalue weighted by Gasteiger charge is 2.16. The van der Waals surface area contributed by atoms with Crippen molar-refractivity contribution >= 4 is 33.1 Å². The lowest BCUT2D eigenvalue weighted by Gasteiger charge is -2.11. The number of rotatable bonds is 6. The first-order chi connectivity index (χ1) is 12.4. The van der Waals surface area contributed by atoms with E-state index in [0.717, 1.165) is 11.1 Å². The van der Waals surface area contributed by atoms with E-state index in [4.69, 9.17) is 12.2 Å². The first kappa shape index (κ1) is 19.9. The molecule has 0 aromatic heterocycles. The predicted molar refractivity (Wildman–Crippen MR) is 105 cm³/mol. The minimum atomic E-state index is -3.49. The maximum atomic E-state index is 12.2.